The van der Waals surface area contributed by atoms with Crippen molar-refractivity contribution in [3.63, 3.8) is 0 Å². The molecular weight excluding hydrogens is 184 g/mol. The lowest BCUT2D eigenvalue weighted by Crippen LogP contribution is -2.28. The number of rotatable bonds is 4. The van der Waals surface area contributed by atoms with Gasteiger partial charge in [0.1, 0.15) is 5.01 Å². The Labute approximate surface area is 82.8 Å². The first-order valence-corrected chi connectivity index (χ1v) is 5.16. The Balaban J connectivity index is 2.53. The van der Waals surface area contributed by atoms with Crippen LogP contribution in [0, 0.1) is 12.8 Å². The van der Waals surface area contributed by atoms with Gasteiger partial charge in [-0.1, -0.05) is 18.3 Å². The molecule has 0 aliphatic heterocycles. The highest BCUT2D eigenvalue weighted by Crippen LogP contribution is 2.18. The zero-order valence-corrected chi connectivity index (χ0v) is 9.14. The largest absolute Gasteiger partial charge is 0.349 e. The Morgan fingerprint density at radius 2 is 2.23 bits per heavy atom. The van der Waals surface area contributed by atoms with Gasteiger partial charge < -0.3 is 10.6 Å². The molecule has 0 aliphatic rings. The molecule has 1 rings (SSSR count). The van der Waals surface area contributed by atoms with E-state index in [-0.39, 0.29) is 0 Å². The van der Waals surface area contributed by atoms with Crippen LogP contribution in [0.15, 0.2) is 0 Å². The Kier molecular flexibility index (Phi) is 3.62. The summed E-state index contributed by atoms with van der Waals surface area (Å²) in [4.78, 5) is 2.10. The Morgan fingerprint density at radius 1 is 1.54 bits per heavy atom. The fraction of sp³-hybridized carbons (Fsp3) is 0.750. The molecule has 4 nitrogen and oxygen atoms in total. The first kappa shape index (κ1) is 10.4. The maximum absolute atomic E-state index is 5.54. The summed E-state index contributed by atoms with van der Waals surface area (Å²) in [6.45, 7) is 5.74. The standard InChI is InChI=1S/C8H16N4S/c1-6(4-9)5-12(3)8-11-10-7(2)13-8/h6H,4-5,9H2,1-3H3. The lowest BCUT2D eigenvalue weighted by atomic mass is 10.2. The number of nitrogens with two attached hydrogens (primary N) is 1. The molecule has 0 spiro atoms. The lowest BCUT2D eigenvalue weighted by molar-refractivity contribution is 0.588. The molecule has 0 aromatic carbocycles. The molecule has 0 aliphatic carbocycles. The third-order valence-electron chi connectivity index (χ3n) is 1.83. The fourth-order valence-electron chi connectivity index (χ4n) is 1.06. The van der Waals surface area contributed by atoms with Crippen LogP contribution in [-0.4, -0.2) is 30.3 Å². The maximum atomic E-state index is 5.54. The summed E-state index contributed by atoms with van der Waals surface area (Å²) in [5.41, 5.74) is 5.54. The van der Waals surface area contributed by atoms with Gasteiger partial charge in [-0.15, -0.1) is 10.2 Å². The van der Waals surface area contributed by atoms with Crippen molar-refractivity contribution in [2.75, 3.05) is 25.0 Å². The highest BCUT2D eigenvalue weighted by atomic mass is 32.1. The molecule has 0 bridgehead atoms. The van der Waals surface area contributed by atoms with E-state index in [0.29, 0.717) is 12.5 Å². The van der Waals surface area contributed by atoms with Crippen LogP contribution in [0.5, 0.6) is 0 Å². The van der Waals surface area contributed by atoms with E-state index in [4.69, 9.17) is 5.73 Å². The molecule has 1 aromatic rings. The topological polar surface area (TPSA) is 55.0 Å². The summed E-state index contributed by atoms with van der Waals surface area (Å²) in [7, 11) is 2.02. The molecular formula is C8H16N4S. The van der Waals surface area contributed by atoms with E-state index in [1.54, 1.807) is 11.3 Å². The van der Waals surface area contributed by atoms with E-state index < -0.39 is 0 Å². The van der Waals surface area contributed by atoms with Gasteiger partial charge in [0.2, 0.25) is 5.13 Å². The second-order valence-corrected chi connectivity index (χ2v) is 4.49. The first-order valence-electron chi connectivity index (χ1n) is 4.34. The van der Waals surface area contributed by atoms with Crippen LogP contribution in [0.3, 0.4) is 0 Å². The Bertz CT molecular complexity index is 260. The zero-order chi connectivity index (χ0) is 9.84. The molecule has 0 radical (unpaired) electrons. The van der Waals surface area contributed by atoms with Gasteiger partial charge in [0, 0.05) is 13.6 Å². The first-order chi connectivity index (χ1) is 6.13. The van der Waals surface area contributed by atoms with Crippen molar-refractivity contribution in [1.29, 1.82) is 0 Å². The molecule has 2 N–H and O–H groups in total. The Morgan fingerprint density at radius 3 is 2.69 bits per heavy atom. The monoisotopic (exact) mass is 200 g/mol. The van der Waals surface area contributed by atoms with E-state index in [1.165, 1.54) is 0 Å². The van der Waals surface area contributed by atoms with Crippen molar-refractivity contribution in [3.8, 4) is 0 Å². The highest BCUT2D eigenvalue weighted by molar-refractivity contribution is 7.15. The minimum absolute atomic E-state index is 0.495. The van der Waals surface area contributed by atoms with Crippen molar-refractivity contribution in [2.24, 2.45) is 11.7 Å². The molecule has 5 heteroatoms. The lowest BCUT2D eigenvalue weighted by Gasteiger charge is -2.18. The van der Waals surface area contributed by atoms with Gasteiger partial charge in [-0.05, 0) is 19.4 Å². The van der Waals surface area contributed by atoms with Crippen molar-refractivity contribution in [1.82, 2.24) is 10.2 Å². The molecule has 0 amide bonds. The van der Waals surface area contributed by atoms with Crippen LogP contribution < -0.4 is 10.6 Å². The summed E-state index contributed by atoms with van der Waals surface area (Å²) < 4.78 is 0. The van der Waals surface area contributed by atoms with Gasteiger partial charge >= 0.3 is 0 Å². The minimum atomic E-state index is 0.495. The van der Waals surface area contributed by atoms with Crippen LogP contribution in [-0.2, 0) is 0 Å². The van der Waals surface area contributed by atoms with Crippen molar-refractivity contribution in [3.05, 3.63) is 5.01 Å². The molecule has 1 heterocycles. The summed E-state index contributed by atoms with van der Waals surface area (Å²) in [5.74, 6) is 0.495. The van der Waals surface area contributed by atoms with Gasteiger partial charge in [-0.25, -0.2) is 0 Å². The third-order valence-corrected chi connectivity index (χ3v) is 2.78. The summed E-state index contributed by atoms with van der Waals surface area (Å²) >= 11 is 1.61. The summed E-state index contributed by atoms with van der Waals surface area (Å²) in [6, 6.07) is 0. The van der Waals surface area contributed by atoms with E-state index in [2.05, 4.69) is 22.0 Å². The summed E-state index contributed by atoms with van der Waals surface area (Å²) in [5, 5.41) is 10.00. The quantitative estimate of drug-likeness (QED) is 0.784. The molecule has 1 aromatic heterocycles. The Hall–Kier alpha value is -0.680. The predicted molar refractivity (Wildman–Crippen MR) is 56.1 cm³/mol. The van der Waals surface area contributed by atoms with E-state index in [9.17, 15) is 0 Å². The van der Waals surface area contributed by atoms with E-state index >= 15 is 0 Å². The predicted octanol–water partition coefficient (Wildman–Crippen LogP) is 0.878. The average Bonchev–Trinajstić information content (AvgIpc) is 2.51. The molecule has 0 saturated heterocycles. The number of anilines is 1. The molecule has 13 heavy (non-hydrogen) atoms. The van der Waals surface area contributed by atoms with Crippen LogP contribution >= 0.6 is 11.3 Å². The number of aryl methyl sites for hydroxylation is 1. The van der Waals surface area contributed by atoms with Gasteiger partial charge in [0.25, 0.3) is 0 Å². The fourth-order valence-corrected chi connectivity index (χ4v) is 1.72. The maximum Gasteiger partial charge on any atom is 0.208 e. The molecule has 0 fully saturated rings. The smallest absolute Gasteiger partial charge is 0.208 e. The van der Waals surface area contributed by atoms with Gasteiger partial charge in [-0.3, -0.25) is 0 Å². The van der Waals surface area contributed by atoms with Crippen molar-refractivity contribution in [2.45, 2.75) is 13.8 Å². The SMILES string of the molecule is Cc1nnc(N(C)CC(C)CN)s1. The van der Waals surface area contributed by atoms with Gasteiger partial charge in [0.15, 0.2) is 0 Å². The van der Waals surface area contributed by atoms with Gasteiger partial charge in [-0.2, -0.15) is 0 Å². The van der Waals surface area contributed by atoms with Crippen LogP contribution in [0.2, 0.25) is 0 Å². The number of hydrogen-bond acceptors (Lipinski definition) is 5. The van der Waals surface area contributed by atoms with Crippen molar-refractivity contribution >= 4 is 16.5 Å². The normalized spacial score (nSPS) is 12.9. The molecule has 1 atom stereocenters. The highest BCUT2D eigenvalue weighted by Gasteiger charge is 2.09. The third kappa shape index (κ3) is 2.93. The van der Waals surface area contributed by atoms with Crippen LogP contribution in [0.25, 0.3) is 0 Å². The minimum Gasteiger partial charge on any atom is -0.349 e. The number of hydrogen-bond donors (Lipinski definition) is 1. The zero-order valence-electron chi connectivity index (χ0n) is 8.32. The average molecular weight is 200 g/mol. The summed E-state index contributed by atoms with van der Waals surface area (Å²) in [6.07, 6.45) is 0. The van der Waals surface area contributed by atoms with E-state index in [0.717, 1.165) is 16.7 Å². The van der Waals surface area contributed by atoms with E-state index in [1.807, 2.05) is 14.0 Å². The molecule has 74 valence electrons. The number of aromatic nitrogens is 2. The van der Waals surface area contributed by atoms with Crippen LogP contribution in [0.4, 0.5) is 5.13 Å². The number of nitrogens with zero attached hydrogens (tertiary/aromatic N) is 3. The second kappa shape index (κ2) is 4.53. The van der Waals surface area contributed by atoms with Crippen molar-refractivity contribution < 1.29 is 0 Å². The van der Waals surface area contributed by atoms with Gasteiger partial charge in [0.05, 0.1) is 0 Å². The molecule has 0 saturated carbocycles. The van der Waals surface area contributed by atoms with Crippen LogP contribution in [0.1, 0.15) is 11.9 Å². The molecule has 1 unspecified atom stereocenters. The second-order valence-electron chi connectivity index (χ2n) is 3.33.